The van der Waals surface area contributed by atoms with Gasteiger partial charge in [0.25, 0.3) is 0 Å². The first-order valence-electron chi connectivity index (χ1n) is 6.97. The van der Waals surface area contributed by atoms with Crippen LogP contribution in [0.25, 0.3) is 0 Å². The molecule has 0 N–H and O–H groups in total. The third-order valence-electron chi connectivity index (χ3n) is 0. The maximum Gasteiger partial charge on any atom is 0.144 e. The van der Waals surface area contributed by atoms with Crippen LogP contribution >= 0.6 is 11.8 Å². The maximum absolute atomic E-state index is 9.63. The normalized spacial score (nSPS) is 7.41. The Labute approximate surface area is 195 Å². The lowest BCUT2D eigenvalue weighted by Crippen LogP contribution is -1.93. The Hall–Kier alpha value is 0.0800. The fourth-order valence-electron chi connectivity index (χ4n) is 0. The van der Waals surface area contributed by atoms with Crippen molar-refractivity contribution in [1.29, 1.82) is 0 Å². The van der Waals surface area contributed by atoms with Crippen molar-refractivity contribution in [1.82, 2.24) is 0 Å². The predicted molar refractivity (Wildman–Crippen MR) is 148 cm³/mol. The van der Waals surface area contributed by atoms with E-state index in [1.165, 1.54) is 13.8 Å². The highest BCUT2D eigenvalue weighted by molar-refractivity contribution is 7.97. The van der Waals surface area contributed by atoms with E-state index in [2.05, 4.69) is 32.4 Å². The standard InChI is InChI=1S/C5H12.C3H6O.C2H6O2S.C2H6OS.C2H6O.C2H6S.5CH4/c1-5(2,3)4;1-3(2)4;1-5(2,3)4;1-4(2)3;2*1-3-2;;;;;/h1-4H3;1-2H3;1-2H3;1-2H3;2*1-2H3;5*1H4. The molecule has 0 unspecified atom stereocenters. The molecule has 5 nitrogen and oxygen atoms in total. The summed E-state index contributed by atoms with van der Waals surface area (Å²) in [5.74, 6) is 0.167. The Morgan fingerprint density at radius 1 is 0.828 bits per heavy atom. The van der Waals surface area contributed by atoms with Gasteiger partial charge in [-0.25, -0.2) is 8.42 Å². The number of hydrogen-bond acceptors (Lipinski definition) is 6. The summed E-state index contributed by atoms with van der Waals surface area (Å²) in [6.07, 6.45) is 9.68. The molecule has 0 bridgehead atoms. The zero-order valence-corrected chi connectivity index (χ0v) is 20.7. The van der Waals surface area contributed by atoms with Gasteiger partial charge in [-0.15, -0.1) is 0 Å². The first-order valence-corrected chi connectivity index (χ1v) is 12.9. The van der Waals surface area contributed by atoms with Crippen molar-refractivity contribution < 1.29 is 22.2 Å². The van der Waals surface area contributed by atoms with E-state index >= 15 is 0 Å². The van der Waals surface area contributed by atoms with Crippen LogP contribution in [0.1, 0.15) is 78.7 Å². The summed E-state index contributed by atoms with van der Waals surface area (Å²) in [6, 6.07) is 0. The van der Waals surface area contributed by atoms with Crippen LogP contribution in [0.2, 0.25) is 0 Å². The average Bonchev–Trinajstić information content (AvgIpc) is 2.10. The Balaban J connectivity index is -0.0000000145. The number of sulfone groups is 1. The van der Waals surface area contributed by atoms with Gasteiger partial charge in [-0.1, -0.05) is 64.8 Å². The fraction of sp³-hybridized carbons (Fsp3) is 0.952. The molecule has 29 heavy (non-hydrogen) atoms. The SMILES string of the molecule is C.C.C.C.C.CC(C)(C)C.CC(C)=O.COC.CS(C)(=O)=O.CS(C)=O.CSC. The molecule has 0 aliphatic rings. The number of Topliss-reactive ketones (excluding diaryl/α,β-unsaturated/α-hetero) is 1. The van der Waals surface area contributed by atoms with Crippen LogP contribution in [-0.2, 0) is 30.2 Å². The summed E-state index contributed by atoms with van der Waals surface area (Å²) in [5.41, 5.74) is 0.500. The molecule has 0 radical (unpaired) electrons. The number of ether oxygens (including phenoxy) is 1. The third kappa shape index (κ3) is 2980000. The van der Waals surface area contributed by atoms with E-state index in [1.807, 2.05) is 12.5 Å². The molecule has 0 amide bonds. The zero-order valence-electron chi connectivity index (χ0n) is 18.3. The molecule has 0 aromatic rings. The van der Waals surface area contributed by atoms with Crippen molar-refractivity contribution in [3.05, 3.63) is 0 Å². The van der Waals surface area contributed by atoms with Crippen LogP contribution in [0, 0.1) is 5.41 Å². The van der Waals surface area contributed by atoms with E-state index in [0.29, 0.717) is 5.41 Å². The quantitative estimate of drug-likeness (QED) is 0.375. The second-order valence-electron chi connectivity index (χ2n) is 6.61. The van der Waals surface area contributed by atoms with Crippen LogP contribution in [0.15, 0.2) is 0 Å². The summed E-state index contributed by atoms with van der Waals surface area (Å²) in [6.45, 7) is 11.8. The maximum atomic E-state index is 9.63. The molecule has 0 fully saturated rings. The van der Waals surface area contributed by atoms with Gasteiger partial charge in [-0.05, 0) is 31.8 Å². The molecular weight excluding hydrogens is 428 g/mol. The lowest BCUT2D eigenvalue weighted by molar-refractivity contribution is -0.115. The van der Waals surface area contributed by atoms with Crippen LogP contribution < -0.4 is 0 Å². The van der Waals surface area contributed by atoms with Crippen LogP contribution in [0.4, 0.5) is 0 Å². The second-order valence-corrected chi connectivity index (χ2v) is 11.2. The third-order valence-corrected chi connectivity index (χ3v) is 0. The van der Waals surface area contributed by atoms with E-state index < -0.39 is 20.6 Å². The van der Waals surface area contributed by atoms with Crippen LogP contribution in [0.3, 0.4) is 0 Å². The molecule has 0 aliphatic carbocycles. The van der Waals surface area contributed by atoms with Crippen molar-refractivity contribution in [3.63, 3.8) is 0 Å². The summed E-state index contributed by atoms with van der Waals surface area (Å²) in [5, 5.41) is 0. The predicted octanol–water partition coefficient (Wildman–Crippen LogP) is 6.73. The number of carbonyl (C=O) groups excluding carboxylic acids is 1. The molecule has 0 atom stereocenters. The molecular formula is C21H62O5S3. The van der Waals surface area contributed by atoms with Crippen LogP contribution in [0.5, 0.6) is 0 Å². The number of methoxy groups -OCH3 is 1. The summed E-state index contributed by atoms with van der Waals surface area (Å²) >= 11 is 1.75. The molecule has 0 saturated heterocycles. The molecule has 8 heteroatoms. The smallest absolute Gasteiger partial charge is 0.144 e. The van der Waals surface area contributed by atoms with E-state index in [1.54, 1.807) is 38.5 Å². The van der Waals surface area contributed by atoms with Gasteiger partial charge >= 0.3 is 0 Å². The largest absolute Gasteiger partial charge is 0.388 e. The highest BCUT2D eigenvalue weighted by atomic mass is 32.2. The van der Waals surface area contributed by atoms with Crippen molar-refractivity contribution >= 4 is 38.2 Å². The number of rotatable bonds is 0. The van der Waals surface area contributed by atoms with E-state index in [-0.39, 0.29) is 42.9 Å². The lowest BCUT2D eigenvalue weighted by atomic mass is 10.0. The molecule has 0 rings (SSSR count). The Kier molecular flexibility index (Phi) is 124. The topological polar surface area (TPSA) is 77.5 Å². The fourth-order valence-corrected chi connectivity index (χ4v) is 0. The highest BCUT2D eigenvalue weighted by Gasteiger charge is 1.95. The molecule has 0 aromatic carbocycles. The molecule has 0 aromatic heterocycles. The van der Waals surface area contributed by atoms with Gasteiger partial charge < -0.3 is 9.53 Å². The van der Waals surface area contributed by atoms with Gasteiger partial charge in [0.15, 0.2) is 0 Å². The minimum absolute atomic E-state index is 0. The molecule has 0 spiro atoms. The van der Waals surface area contributed by atoms with Gasteiger partial charge in [0, 0.05) is 50.0 Å². The molecule has 194 valence electrons. The first kappa shape index (κ1) is 70.1. The van der Waals surface area contributed by atoms with Gasteiger partial charge in [0.2, 0.25) is 0 Å². The second kappa shape index (κ2) is 51.1. The van der Waals surface area contributed by atoms with Gasteiger partial charge in [0.1, 0.15) is 15.6 Å². The van der Waals surface area contributed by atoms with Gasteiger partial charge in [-0.3, -0.25) is 4.21 Å². The minimum atomic E-state index is -2.67. The van der Waals surface area contributed by atoms with Crippen molar-refractivity contribution in [2.24, 2.45) is 5.41 Å². The minimum Gasteiger partial charge on any atom is -0.388 e. The van der Waals surface area contributed by atoms with Crippen molar-refractivity contribution in [2.75, 3.05) is 51.8 Å². The Morgan fingerprint density at radius 2 is 0.828 bits per heavy atom. The Bertz CT molecular complexity index is 312. The summed E-state index contributed by atoms with van der Waals surface area (Å²) in [7, 11) is -0.0278. The lowest BCUT2D eigenvalue weighted by Gasteiger charge is -2.05. The monoisotopic (exact) mass is 490 g/mol. The van der Waals surface area contributed by atoms with E-state index in [0.717, 1.165) is 12.5 Å². The number of thioether (sulfide) groups is 1. The van der Waals surface area contributed by atoms with Gasteiger partial charge in [-0.2, -0.15) is 11.8 Å². The molecule has 0 heterocycles. The molecule has 0 aliphatic heterocycles. The summed E-state index contributed by atoms with van der Waals surface area (Å²) in [4.78, 5) is 9.44. The zero-order chi connectivity index (χ0) is 21.6. The Morgan fingerprint density at radius 3 is 0.828 bits per heavy atom. The summed E-state index contributed by atoms with van der Waals surface area (Å²) < 4.78 is 33.1. The van der Waals surface area contributed by atoms with Crippen molar-refractivity contribution in [2.45, 2.75) is 78.7 Å². The van der Waals surface area contributed by atoms with E-state index in [9.17, 15) is 17.4 Å². The van der Waals surface area contributed by atoms with Gasteiger partial charge in [0.05, 0.1) is 0 Å². The first-order chi connectivity index (χ1) is 10.3. The van der Waals surface area contributed by atoms with Crippen LogP contribution in [-0.4, -0.2) is 70.2 Å². The van der Waals surface area contributed by atoms with E-state index in [4.69, 9.17) is 0 Å². The highest BCUT2D eigenvalue weighted by Crippen LogP contribution is 2.08. The van der Waals surface area contributed by atoms with Crippen molar-refractivity contribution in [3.8, 4) is 0 Å². The average molecular weight is 491 g/mol. The number of carbonyl (C=O) groups is 1. The number of ketones is 1. The molecule has 0 saturated carbocycles. The number of hydrogen-bond donors (Lipinski definition) is 0.